The van der Waals surface area contributed by atoms with E-state index in [1.54, 1.807) is 6.07 Å². The minimum absolute atomic E-state index is 0.549. The van der Waals surface area contributed by atoms with E-state index in [0.29, 0.717) is 5.76 Å². The van der Waals surface area contributed by atoms with Crippen molar-refractivity contribution in [2.24, 2.45) is 0 Å². The number of aliphatic hydroxyl groups is 1. The lowest BCUT2D eigenvalue weighted by Gasteiger charge is -1.97. The van der Waals surface area contributed by atoms with E-state index < -0.39 is 6.10 Å². The van der Waals surface area contributed by atoms with Crippen LogP contribution in [0.1, 0.15) is 17.6 Å². The van der Waals surface area contributed by atoms with Gasteiger partial charge in [0.1, 0.15) is 17.6 Å². The first-order valence-corrected chi connectivity index (χ1v) is 3.11. The summed E-state index contributed by atoms with van der Waals surface area (Å²) in [4.78, 5) is 0. The first-order chi connectivity index (χ1) is 4.74. The lowest BCUT2D eigenvalue weighted by atomic mass is 10.3. The summed E-state index contributed by atoms with van der Waals surface area (Å²) in [7, 11) is 0. The summed E-state index contributed by atoms with van der Waals surface area (Å²) in [5.74, 6) is 1.35. The summed E-state index contributed by atoms with van der Waals surface area (Å²) >= 11 is 0. The summed E-state index contributed by atoms with van der Waals surface area (Å²) in [5.41, 5.74) is 0. The molecule has 0 aromatic carbocycles. The topological polar surface area (TPSA) is 33.4 Å². The Kier molecular flexibility index (Phi) is 1.92. The standard InChI is InChI=1S/C8H10O2/c1-3-7(9)8-5-4-6(2)10-8/h3-5,7,9H,1H2,2H3. The summed E-state index contributed by atoms with van der Waals surface area (Å²) in [6.07, 6.45) is 0.756. The number of aryl methyl sites for hydroxylation is 1. The van der Waals surface area contributed by atoms with Crippen molar-refractivity contribution in [1.29, 1.82) is 0 Å². The molecule has 0 aliphatic heterocycles. The smallest absolute Gasteiger partial charge is 0.136 e. The van der Waals surface area contributed by atoms with Crippen LogP contribution in [-0.4, -0.2) is 5.11 Å². The van der Waals surface area contributed by atoms with Crippen LogP contribution in [0.15, 0.2) is 29.2 Å². The number of rotatable bonds is 2. The van der Waals surface area contributed by atoms with Crippen molar-refractivity contribution in [1.82, 2.24) is 0 Å². The van der Waals surface area contributed by atoms with Crippen molar-refractivity contribution in [3.8, 4) is 0 Å². The Balaban J connectivity index is 2.84. The maximum atomic E-state index is 9.13. The normalized spacial score (nSPS) is 13.0. The molecule has 54 valence electrons. The van der Waals surface area contributed by atoms with Crippen LogP contribution < -0.4 is 0 Å². The molecule has 1 rings (SSSR count). The van der Waals surface area contributed by atoms with E-state index in [2.05, 4.69) is 6.58 Å². The Morgan fingerprint density at radius 1 is 1.70 bits per heavy atom. The highest BCUT2D eigenvalue weighted by Crippen LogP contribution is 2.15. The van der Waals surface area contributed by atoms with Gasteiger partial charge in [0.2, 0.25) is 0 Å². The van der Waals surface area contributed by atoms with Crippen LogP contribution in [0.4, 0.5) is 0 Å². The predicted octanol–water partition coefficient (Wildman–Crippen LogP) is 1.81. The SMILES string of the molecule is C=CC(O)c1ccc(C)o1. The molecule has 0 spiro atoms. The summed E-state index contributed by atoms with van der Waals surface area (Å²) < 4.78 is 5.11. The molecule has 2 nitrogen and oxygen atoms in total. The summed E-state index contributed by atoms with van der Waals surface area (Å²) in [5, 5.41) is 9.13. The monoisotopic (exact) mass is 138 g/mol. The number of hydrogen-bond donors (Lipinski definition) is 1. The summed E-state index contributed by atoms with van der Waals surface area (Å²) in [6, 6.07) is 3.55. The zero-order valence-corrected chi connectivity index (χ0v) is 5.87. The number of furan rings is 1. The molecular weight excluding hydrogens is 128 g/mol. The van der Waals surface area contributed by atoms with Gasteiger partial charge in [-0.2, -0.15) is 0 Å². The van der Waals surface area contributed by atoms with E-state index in [0.717, 1.165) is 5.76 Å². The molecule has 0 amide bonds. The van der Waals surface area contributed by atoms with E-state index in [4.69, 9.17) is 9.52 Å². The predicted molar refractivity (Wildman–Crippen MR) is 38.6 cm³/mol. The zero-order valence-electron chi connectivity index (χ0n) is 5.87. The summed E-state index contributed by atoms with van der Waals surface area (Å²) in [6.45, 7) is 5.27. The molecular formula is C8H10O2. The number of aliphatic hydroxyl groups excluding tert-OH is 1. The Bertz CT molecular complexity index is 225. The molecule has 0 radical (unpaired) electrons. The molecule has 0 fully saturated rings. The van der Waals surface area contributed by atoms with Gasteiger partial charge in [0.15, 0.2) is 0 Å². The largest absolute Gasteiger partial charge is 0.463 e. The van der Waals surface area contributed by atoms with Gasteiger partial charge in [-0.05, 0) is 19.1 Å². The van der Waals surface area contributed by atoms with Gasteiger partial charge in [-0.3, -0.25) is 0 Å². The molecule has 1 aromatic heterocycles. The highest BCUT2D eigenvalue weighted by atomic mass is 16.4. The third-order valence-electron chi connectivity index (χ3n) is 1.28. The van der Waals surface area contributed by atoms with Crippen molar-refractivity contribution in [2.45, 2.75) is 13.0 Å². The Morgan fingerprint density at radius 2 is 2.40 bits per heavy atom. The quantitative estimate of drug-likeness (QED) is 0.632. The molecule has 0 aliphatic rings. The van der Waals surface area contributed by atoms with Gasteiger partial charge in [-0.25, -0.2) is 0 Å². The van der Waals surface area contributed by atoms with Gasteiger partial charge < -0.3 is 9.52 Å². The van der Waals surface area contributed by atoms with E-state index in [1.165, 1.54) is 6.08 Å². The van der Waals surface area contributed by atoms with E-state index in [9.17, 15) is 0 Å². The van der Waals surface area contributed by atoms with Crippen LogP contribution in [0.2, 0.25) is 0 Å². The second-order valence-electron chi connectivity index (χ2n) is 2.13. The zero-order chi connectivity index (χ0) is 7.56. The third kappa shape index (κ3) is 1.28. The van der Waals surface area contributed by atoms with Crippen molar-refractivity contribution >= 4 is 0 Å². The Labute approximate surface area is 59.8 Å². The fourth-order valence-corrected chi connectivity index (χ4v) is 0.729. The fraction of sp³-hybridized carbons (Fsp3) is 0.250. The average molecular weight is 138 g/mol. The molecule has 0 saturated carbocycles. The van der Waals surface area contributed by atoms with Crippen LogP contribution in [0, 0.1) is 6.92 Å². The van der Waals surface area contributed by atoms with Crippen LogP contribution >= 0.6 is 0 Å². The van der Waals surface area contributed by atoms with Gasteiger partial charge >= 0.3 is 0 Å². The van der Waals surface area contributed by atoms with Crippen molar-refractivity contribution in [3.63, 3.8) is 0 Å². The molecule has 1 heterocycles. The van der Waals surface area contributed by atoms with Gasteiger partial charge in [0, 0.05) is 0 Å². The molecule has 2 heteroatoms. The molecule has 1 atom stereocenters. The highest BCUT2D eigenvalue weighted by Gasteiger charge is 2.05. The average Bonchev–Trinajstić information content (AvgIpc) is 2.34. The molecule has 10 heavy (non-hydrogen) atoms. The Morgan fingerprint density at radius 3 is 2.80 bits per heavy atom. The van der Waals surface area contributed by atoms with Crippen LogP contribution in [0.3, 0.4) is 0 Å². The first-order valence-electron chi connectivity index (χ1n) is 3.11. The minimum Gasteiger partial charge on any atom is -0.463 e. The fourth-order valence-electron chi connectivity index (χ4n) is 0.729. The van der Waals surface area contributed by atoms with E-state index >= 15 is 0 Å². The first kappa shape index (κ1) is 7.09. The molecule has 1 N–H and O–H groups in total. The van der Waals surface area contributed by atoms with Crippen LogP contribution in [0.25, 0.3) is 0 Å². The van der Waals surface area contributed by atoms with Crippen molar-refractivity contribution in [2.75, 3.05) is 0 Å². The Hall–Kier alpha value is -1.02. The highest BCUT2D eigenvalue weighted by molar-refractivity contribution is 5.11. The second kappa shape index (κ2) is 2.71. The van der Waals surface area contributed by atoms with Gasteiger partial charge in [0.05, 0.1) is 0 Å². The van der Waals surface area contributed by atoms with E-state index in [1.807, 2.05) is 13.0 Å². The van der Waals surface area contributed by atoms with Gasteiger partial charge in [-0.15, -0.1) is 6.58 Å². The molecule has 1 aromatic rings. The van der Waals surface area contributed by atoms with E-state index in [-0.39, 0.29) is 0 Å². The maximum absolute atomic E-state index is 9.13. The minimum atomic E-state index is -0.673. The lowest BCUT2D eigenvalue weighted by molar-refractivity contribution is 0.195. The molecule has 0 bridgehead atoms. The molecule has 1 unspecified atom stereocenters. The van der Waals surface area contributed by atoms with Gasteiger partial charge in [0.25, 0.3) is 0 Å². The molecule has 0 aliphatic carbocycles. The van der Waals surface area contributed by atoms with Crippen molar-refractivity contribution < 1.29 is 9.52 Å². The van der Waals surface area contributed by atoms with Crippen molar-refractivity contribution in [3.05, 3.63) is 36.3 Å². The van der Waals surface area contributed by atoms with Gasteiger partial charge in [-0.1, -0.05) is 6.08 Å². The second-order valence-corrected chi connectivity index (χ2v) is 2.13. The molecule has 0 saturated heterocycles. The lowest BCUT2D eigenvalue weighted by Crippen LogP contribution is -1.87. The number of hydrogen-bond acceptors (Lipinski definition) is 2. The van der Waals surface area contributed by atoms with Crippen LogP contribution in [0.5, 0.6) is 0 Å². The van der Waals surface area contributed by atoms with Crippen LogP contribution in [-0.2, 0) is 0 Å². The maximum Gasteiger partial charge on any atom is 0.136 e. The third-order valence-corrected chi connectivity index (χ3v) is 1.28.